The number of nitrogens with zero attached hydrogens (tertiary/aromatic N) is 1. The third-order valence-corrected chi connectivity index (χ3v) is 6.56. The highest BCUT2D eigenvalue weighted by Crippen LogP contribution is 2.33. The van der Waals surface area contributed by atoms with E-state index in [0.717, 1.165) is 35.2 Å². The number of amides is 1. The first kappa shape index (κ1) is 19.4. The van der Waals surface area contributed by atoms with Crippen molar-refractivity contribution in [3.8, 4) is 5.75 Å². The fourth-order valence-electron chi connectivity index (χ4n) is 3.86. The Labute approximate surface area is 172 Å². The second-order valence-corrected chi connectivity index (χ2v) is 9.07. The molecule has 0 saturated heterocycles. The Morgan fingerprint density at radius 2 is 2.11 bits per heavy atom. The van der Waals surface area contributed by atoms with Crippen LogP contribution in [0.1, 0.15) is 30.0 Å². The van der Waals surface area contributed by atoms with E-state index < -0.39 is 10.8 Å². The molecule has 148 valence electrons. The van der Waals surface area contributed by atoms with Gasteiger partial charge >= 0.3 is 0 Å². The van der Waals surface area contributed by atoms with Crippen LogP contribution in [0.4, 0.5) is 5.69 Å². The average Bonchev–Trinajstić information content (AvgIpc) is 2.67. The molecule has 1 amide bonds. The molecule has 0 aliphatic carbocycles. The van der Waals surface area contributed by atoms with Gasteiger partial charge in [-0.25, -0.2) is 0 Å². The third-order valence-electron chi connectivity index (χ3n) is 5.14. The highest BCUT2D eigenvalue weighted by Gasteiger charge is 2.29. The Morgan fingerprint density at radius 1 is 1.29 bits per heavy atom. The molecule has 0 N–H and O–H groups in total. The van der Waals surface area contributed by atoms with E-state index in [1.165, 1.54) is 0 Å². The number of ether oxygens (including phenoxy) is 2. The van der Waals surface area contributed by atoms with Gasteiger partial charge in [0.25, 0.3) is 0 Å². The average molecular weight is 420 g/mol. The van der Waals surface area contributed by atoms with Crippen LogP contribution < -0.4 is 9.64 Å². The third kappa shape index (κ3) is 3.95. The summed E-state index contributed by atoms with van der Waals surface area (Å²) in [4.78, 5) is 14.8. The Bertz CT molecular complexity index is 933. The minimum absolute atomic E-state index is 0.0313. The summed E-state index contributed by atoms with van der Waals surface area (Å²) in [5.74, 6) is 0.751. The number of fused-ring (bicyclic) bond motifs is 2. The second kappa shape index (κ2) is 8.23. The molecule has 0 aromatic heterocycles. The maximum atomic E-state index is 13.0. The SMILES string of the molecule is CC1CCc2ccccc2N1C(=O)CS(=O)Cc1cc(Cl)cc2c1OCOC2. The minimum atomic E-state index is -1.37. The number of hydrogen-bond donors (Lipinski definition) is 0. The summed E-state index contributed by atoms with van der Waals surface area (Å²) in [5.41, 5.74) is 3.69. The van der Waals surface area contributed by atoms with Gasteiger partial charge in [0.1, 0.15) is 11.5 Å². The molecule has 0 spiro atoms. The predicted octanol–water partition coefficient (Wildman–Crippen LogP) is 3.82. The Kier molecular flexibility index (Phi) is 5.71. The van der Waals surface area contributed by atoms with Gasteiger partial charge in [0, 0.05) is 38.7 Å². The molecule has 7 heteroatoms. The van der Waals surface area contributed by atoms with Gasteiger partial charge in [0.2, 0.25) is 5.91 Å². The van der Waals surface area contributed by atoms with Gasteiger partial charge < -0.3 is 14.4 Å². The Morgan fingerprint density at radius 3 is 2.96 bits per heavy atom. The summed E-state index contributed by atoms with van der Waals surface area (Å²) < 4.78 is 23.7. The summed E-state index contributed by atoms with van der Waals surface area (Å²) in [7, 11) is -1.37. The van der Waals surface area contributed by atoms with E-state index in [4.69, 9.17) is 21.1 Å². The topological polar surface area (TPSA) is 55.8 Å². The maximum Gasteiger partial charge on any atom is 0.239 e. The van der Waals surface area contributed by atoms with Crippen molar-refractivity contribution in [3.63, 3.8) is 0 Å². The molecule has 2 atom stereocenters. The molecular formula is C21H22ClNO4S. The lowest BCUT2D eigenvalue weighted by Crippen LogP contribution is -2.44. The smallest absolute Gasteiger partial charge is 0.239 e. The van der Waals surface area contributed by atoms with E-state index >= 15 is 0 Å². The molecule has 2 aliphatic rings. The van der Waals surface area contributed by atoms with Crippen LogP contribution in [0, 0.1) is 0 Å². The van der Waals surface area contributed by atoms with Crippen LogP contribution in [-0.4, -0.2) is 28.7 Å². The molecule has 0 saturated carbocycles. The largest absolute Gasteiger partial charge is 0.467 e. The maximum absolute atomic E-state index is 13.0. The molecule has 2 heterocycles. The van der Waals surface area contributed by atoms with Crippen LogP contribution in [0.25, 0.3) is 0 Å². The molecule has 2 aromatic carbocycles. The summed E-state index contributed by atoms with van der Waals surface area (Å²) in [5, 5.41) is 0.546. The zero-order chi connectivity index (χ0) is 19.7. The van der Waals surface area contributed by atoms with Gasteiger partial charge in [-0.05, 0) is 43.5 Å². The van der Waals surface area contributed by atoms with Crippen LogP contribution in [0.3, 0.4) is 0 Å². The molecule has 2 unspecified atom stereocenters. The number of aryl methyl sites for hydroxylation is 1. The summed E-state index contributed by atoms with van der Waals surface area (Å²) in [6.07, 6.45) is 1.86. The van der Waals surface area contributed by atoms with Gasteiger partial charge in [-0.15, -0.1) is 0 Å². The number of rotatable bonds is 4. The Hall–Kier alpha value is -1.89. The van der Waals surface area contributed by atoms with Crippen LogP contribution in [0.15, 0.2) is 36.4 Å². The van der Waals surface area contributed by atoms with Crippen molar-refractivity contribution in [1.29, 1.82) is 0 Å². The molecule has 0 radical (unpaired) electrons. The quantitative estimate of drug-likeness (QED) is 0.755. The molecular weight excluding hydrogens is 398 g/mol. The number of halogens is 1. The first-order valence-corrected chi connectivity index (χ1v) is 11.2. The van der Waals surface area contributed by atoms with Crippen LogP contribution in [0.2, 0.25) is 5.02 Å². The van der Waals surface area contributed by atoms with E-state index in [-0.39, 0.29) is 30.2 Å². The van der Waals surface area contributed by atoms with Crippen LogP contribution in [0.5, 0.6) is 5.75 Å². The standard InChI is InChI=1S/C21H22ClNO4S/c1-14-6-7-15-4-2-3-5-19(15)23(14)20(24)12-28(25)11-17-9-18(22)8-16-10-26-13-27-21(16)17/h2-5,8-9,14H,6-7,10-13H2,1H3. The van der Waals surface area contributed by atoms with Crippen molar-refractivity contribution in [1.82, 2.24) is 0 Å². The van der Waals surface area contributed by atoms with Gasteiger partial charge in [-0.2, -0.15) is 0 Å². The number of carbonyl (C=O) groups is 1. The Balaban J connectivity index is 1.51. The van der Waals surface area contributed by atoms with Gasteiger partial charge in [0.15, 0.2) is 6.79 Å². The lowest BCUT2D eigenvalue weighted by atomic mass is 9.97. The van der Waals surface area contributed by atoms with Gasteiger partial charge in [-0.3, -0.25) is 9.00 Å². The number of hydrogen-bond acceptors (Lipinski definition) is 4. The summed E-state index contributed by atoms with van der Waals surface area (Å²) in [6.45, 7) is 2.61. The minimum Gasteiger partial charge on any atom is -0.467 e. The van der Waals surface area contributed by atoms with Crippen molar-refractivity contribution < 1.29 is 18.5 Å². The normalized spacial score (nSPS) is 19.4. The number of carbonyl (C=O) groups excluding carboxylic acids is 1. The summed E-state index contributed by atoms with van der Waals surface area (Å²) in [6, 6.07) is 11.6. The van der Waals surface area contributed by atoms with Gasteiger partial charge in [-0.1, -0.05) is 29.8 Å². The number of anilines is 1. The van der Waals surface area contributed by atoms with E-state index in [2.05, 4.69) is 6.07 Å². The molecule has 4 rings (SSSR count). The number of para-hydroxylation sites is 1. The van der Waals surface area contributed by atoms with Crippen molar-refractivity contribution >= 4 is 34.0 Å². The monoisotopic (exact) mass is 419 g/mol. The van der Waals surface area contributed by atoms with E-state index in [1.807, 2.05) is 25.1 Å². The number of benzene rings is 2. The molecule has 0 bridgehead atoms. The molecule has 5 nitrogen and oxygen atoms in total. The van der Waals surface area contributed by atoms with Crippen molar-refractivity contribution in [3.05, 3.63) is 58.1 Å². The van der Waals surface area contributed by atoms with Crippen LogP contribution >= 0.6 is 11.6 Å². The predicted molar refractivity (Wildman–Crippen MR) is 110 cm³/mol. The zero-order valence-electron chi connectivity index (χ0n) is 15.7. The van der Waals surface area contributed by atoms with E-state index in [0.29, 0.717) is 17.4 Å². The first-order valence-electron chi connectivity index (χ1n) is 9.29. The van der Waals surface area contributed by atoms with E-state index in [9.17, 15) is 9.00 Å². The summed E-state index contributed by atoms with van der Waals surface area (Å²) >= 11 is 6.18. The van der Waals surface area contributed by atoms with Crippen molar-refractivity contribution in [2.45, 2.75) is 38.2 Å². The zero-order valence-corrected chi connectivity index (χ0v) is 17.2. The molecule has 0 fully saturated rings. The van der Waals surface area contributed by atoms with Crippen LogP contribution in [-0.2, 0) is 39.1 Å². The molecule has 2 aromatic rings. The lowest BCUT2D eigenvalue weighted by molar-refractivity contribution is -0.116. The van der Waals surface area contributed by atoms with Crippen molar-refractivity contribution in [2.24, 2.45) is 0 Å². The first-order chi connectivity index (χ1) is 13.5. The van der Waals surface area contributed by atoms with E-state index in [1.54, 1.807) is 17.0 Å². The fourth-order valence-corrected chi connectivity index (χ4v) is 5.21. The second-order valence-electron chi connectivity index (χ2n) is 7.17. The lowest BCUT2D eigenvalue weighted by Gasteiger charge is -2.35. The van der Waals surface area contributed by atoms with Crippen molar-refractivity contribution in [2.75, 3.05) is 17.4 Å². The molecule has 2 aliphatic heterocycles. The fraction of sp³-hybridized carbons (Fsp3) is 0.381. The molecule has 28 heavy (non-hydrogen) atoms. The highest BCUT2D eigenvalue weighted by atomic mass is 35.5. The highest BCUT2D eigenvalue weighted by molar-refractivity contribution is 7.85. The van der Waals surface area contributed by atoms with Gasteiger partial charge in [0.05, 0.1) is 12.4 Å².